The zero-order valence-electron chi connectivity index (χ0n) is 11.9. The van der Waals surface area contributed by atoms with E-state index in [9.17, 15) is 0 Å². The van der Waals surface area contributed by atoms with Crippen molar-refractivity contribution >= 4 is 11.3 Å². The van der Waals surface area contributed by atoms with Gasteiger partial charge in [-0.15, -0.1) is 11.3 Å². The number of thiophene rings is 1. The molecule has 108 valence electrons. The Labute approximate surface area is 123 Å². The van der Waals surface area contributed by atoms with Crippen LogP contribution in [0.25, 0.3) is 10.8 Å². The number of aromatic nitrogens is 2. The van der Waals surface area contributed by atoms with E-state index in [1.165, 1.54) is 5.56 Å². The maximum absolute atomic E-state index is 5.47. The van der Waals surface area contributed by atoms with Crippen LogP contribution in [0.1, 0.15) is 31.3 Å². The Morgan fingerprint density at radius 3 is 3.00 bits per heavy atom. The summed E-state index contributed by atoms with van der Waals surface area (Å²) >= 11 is 1.67. The molecule has 0 aromatic carbocycles. The van der Waals surface area contributed by atoms with Gasteiger partial charge in [-0.05, 0) is 30.4 Å². The van der Waals surface area contributed by atoms with Crippen LogP contribution in [0.3, 0.4) is 0 Å². The molecule has 3 heterocycles. The fourth-order valence-corrected chi connectivity index (χ4v) is 3.45. The van der Waals surface area contributed by atoms with Crippen LogP contribution in [0.5, 0.6) is 0 Å². The third-order valence-corrected chi connectivity index (χ3v) is 4.78. The minimum atomic E-state index is 0.208. The van der Waals surface area contributed by atoms with E-state index in [1.54, 1.807) is 11.3 Å². The number of nitrogens with one attached hydrogen (secondary N) is 1. The van der Waals surface area contributed by atoms with Gasteiger partial charge in [0.1, 0.15) is 0 Å². The molecule has 1 atom stereocenters. The summed E-state index contributed by atoms with van der Waals surface area (Å²) in [5, 5.41) is 9.62. The van der Waals surface area contributed by atoms with Crippen LogP contribution < -0.4 is 5.32 Å². The second kappa shape index (κ2) is 6.03. The van der Waals surface area contributed by atoms with Crippen molar-refractivity contribution in [3.05, 3.63) is 22.8 Å². The Balaban J connectivity index is 1.79. The second-order valence-electron chi connectivity index (χ2n) is 5.05. The lowest BCUT2D eigenvalue weighted by Crippen LogP contribution is -2.44. The number of piperazine rings is 1. The molecule has 0 amide bonds. The molecule has 1 aliphatic heterocycles. The Bertz CT molecular complexity index is 559. The number of nitrogens with zero attached hydrogens (tertiary/aromatic N) is 3. The zero-order valence-corrected chi connectivity index (χ0v) is 12.7. The van der Waals surface area contributed by atoms with Crippen molar-refractivity contribution in [2.75, 3.05) is 26.2 Å². The van der Waals surface area contributed by atoms with Gasteiger partial charge in [0.05, 0.1) is 10.9 Å². The first-order valence-electron chi connectivity index (χ1n) is 7.14. The average molecular weight is 292 g/mol. The van der Waals surface area contributed by atoms with Crippen LogP contribution in [0, 0.1) is 0 Å². The van der Waals surface area contributed by atoms with Gasteiger partial charge >= 0.3 is 0 Å². The van der Waals surface area contributed by atoms with Gasteiger partial charge in [-0.25, -0.2) is 0 Å². The summed E-state index contributed by atoms with van der Waals surface area (Å²) in [4.78, 5) is 8.11. The molecule has 2 aromatic heterocycles. The molecule has 3 rings (SSSR count). The Kier molecular flexibility index (Phi) is 4.14. The van der Waals surface area contributed by atoms with Gasteiger partial charge in [0, 0.05) is 26.2 Å². The molecule has 5 nitrogen and oxygen atoms in total. The Hall–Kier alpha value is -1.24. The number of rotatable bonds is 4. The van der Waals surface area contributed by atoms with Gasteiger partial charge in [0.2, 0.25) is 0 Å². The van der Waals surface area contributed by atoms with Gasteiger partial charge in [-0.1, -0.05) is 12.1 Å². The van der Waals surface area contributed by atoms with Gasteiger partial charge in [-0.3, -0.25) is 4.90 Å². The summed E-state index contributed by atoms with van der Waals surface area (Å²) in [5.41, 5.74) is 1.28. The van der Waals surface area contributed by atoms with E-state index in [2.05, 4.69) is 45.7 Å². The van der Waals surface area contributed by atoms with Crippen molar-refractivity contribution in [2.24, 2.45) is 0 Å². The highest BCUT2D eigenvalue weighted by Gasteiger charge is 2.23. The lowest BCUT2D eigenvalue weighted by molar-refractivity contribution is 0.176. The van der Waals surface area contributed by atoms with Crippen molar-refractivity contribution in [1.29, 1.82) is 0 Å². The fraction of sp³-hybridized carbons (Fsp3) is 0.571. The Morgan fingerprint density at radius 1 is 1.45 bits per heavy atom. The first-order valence-corrected chi connectivity index (χ1v) is 8.02. The van der Waals surface area contributed by atoms with E-state index >= 15 is 0 Å². The fourth-order valence-electron chi connectivity index (χ4n) is 2.53. The van der Waals surface area contributed by atoms with Crippen molar-refractivity contribution < 1.29 is 4.52 Å². The van der Waals surface area contributed by atoms with E-state index in [-0.39, 0.29) is 6.04 Å². The molecular weight excluding hydrogens is 272 g/mol. The second-order valence-corrected chi connectivity index (χ2v) is 5.96. The predicted octanol–water partition coefficient (Wildman–Crippen LogP) is 2.33. The molecule has 1 unspecified atom stereocenters. The van der Waals surface area contributed by atoms with Crippen LogP contribution >= 0.6 is 11.3 Å². The maximum atomic E-state index is 5.47. The molecule has 2 aromatic rings. The van der Waals surface area contributed by atoms with Gasteiger partial charge < -0.3 is 9.84 Å². The van der Waals surface area contributed by atoms with Crippen LogP contribution in [0.2, 0.25) is 0 Å². The molecule has 1 aliphatic rings. The standard InChI is InChI=1S/C14H20N4OS/c1-3-11-4-9-20-12(11)14-16-13(17-19-14)10(2)18-7-5-15-6-8-18/h4,9-10,15H,3,5-8H2,1-2H3. The monoisotopic (exact) mass is 292 g/mol. The molecule has 1 fully saturated rings. The molecule has 0 aliphatic carbocycles. The van der Waals surface area contributed by atoms with E-state index < -0.39 is 0 Å². The molecule has 0 saturated carbocycles. The molecule has 0 radical (unpaired) electrons. The minimum absolute atomic E-state index is 0.208. The number of aryl methyl sites for hydroxylation is 1. The SMILES string of the molecule is CCc1ccsc1-c1nc(C(C)N2CCNCC2)no1. The minimum Gasteiger partial charge on any atom is -0.333 e. The lowest BCUT2D eigenvalue weighted by atomic mass is 10.2. The summed E-state index contributed by atoms with van der Waals surface area (Å²) in [6.07, 6.45) is 0.990. The summed E-state index contributed by atoms with van der Waals surface area (Å²) in [5.74, 6) is 1.45. The normalized spacial score (nSPS) is 18.3. The third-order valence-electron chi connectivity index (χ3n) is 3.84. The molecule has 0 bridgehead atoms. The van der Waals surface area contributed by atoms with Gasteiger partial charge in [0.15, 0.2) is 5.82 Å². The molecular formula is C14H20N4OS. The van der Waals surface area contributed by atoms with Crippen LogP contribution in [0.4, 0.5) is 0 Å². The van der Waals surface area contributed by atoms with Crippen molar-refractivity contribution in [2.45, 2.75) is 26.3 Å². The Morgan fingerprint density at radius 2 is 2.25 bits per heavy atom. The largest absolute Gasteiger partial charge is 0.333 e. The van der Waals surface area contributed by atoms with Crippen molar-refractivity contribution in [1.82, 2.24) is 20.4 Å². The van der Waals surface area contributed by atoms with Crippen molar-refractivity contribution in [3.8, 4) is 10.8 Å². The summed E-state index contributed by atoms with van der Waals surface area (Å²) in [6, 6.07) is 2.34. The average Bonchev–Trinajstić information content (AvgIpc) is 3.15. The third kappa shape index (κ3) is 2.63. The highest BCUT2D eigenvalue weighted by atomic mass is 32.1. The first kappa shape index (κ1) is 13.7. The summed E-state index contributed by atoms with van der Waals surface area (Å²) < 4.78 is 5.47. The topological polar surface area (TPSA) is 54.2 Å². The van der Waals surface area contributed by atoms with Gasteiger partial charge in [-0.2, -0.15) is 4.98 Å². The molecule has 1 N–H and O–H groups in total. The number of hydrogen-bond donors (Lipinski definition) is 1. The van der Waals surface area contributed by atoms with E-state index in [0.29, 0.717) is 5.89 Å². The van der Waals surface area contributed by atoms with Crippen molar-refractivity contribution in [3.63, 3.8) is 0 Å². The van der Waals surface area contributed by atoms with Crippen LogP contribution in [0.15, 0.2) is 16.0 Å². The quantitative estimate of drug-likeness (QED) is 0.937. The molecule has 20 heavy (non-hydrogen) atoms. The highest BCUT2D eigenvalue weighted by Crippen LogP contribution is 2.30. The molecule has 1 saturated heterocycles. The predicted molar refractivity (Wildman–Crippen MR) is 79.8 cm³/mol. The lowest BCUT2D eigenvalue weighted by Gasteiger charge is -2.30. The number of hydrogen-bond acceptors (Lipinski definition) is 6. The van der Waals surface area contributed by atoms with Crippen LogP contribution in [-0.4, -0.2) is 41.2 Å². The maximum Gasteiger partial charge on any atom is 0.268 e. The molecule has 0 spiro atoms. The van der Waals surface area contributed by atoms with E-state index in [0.717, 1.165) is 43.3 Å². The van der Waals surface area contributed by atoms with E-state index in [4.69, 9.17) is 4.52 Å². The zero-order chi connectivity index (χ0) is 13.9. The van der Waals surface area contributed by atoms with Gasteiger partial charge in [0.25, 0.3) is 5.89 Å². The summed E-state index contributed by atoms with van der Waals surface area (Å²) in [7, 11) is 0. The highest BCUT2D eigenvalue weighted by molar-refractivity contribution is 7.13. The van der Waals surface area contributed by atoms with E-state index in [1.807, 2.05) is 0 Å². The summed E-state index contributed by atoms with van der Waals surface area (Å²) in [6.45, 7) is 8.41. The molecule has 6 heteroatoms. The smallest absolute Gasteiger partial charge is 0.268 e. The van der Waals surface area contributed by atoms with Crippen LogP contribution in [-0.2, 0) is 6.42 Å². The first-order chi connectivity index (χ1) is 9.79.